The predicted molar refractivity (Wildman–Crippen MR) is 86.8 cm³/mol. The molecular formula is C17H21ClN2O. The summed E-state index contributed by atoms with van der Waals surface area (Å²) >= 11 is 6.07. The van der Waals surface area contributed by atoms with Gasteiger partial charge in [0, 0.05) is 22.8 Å². The molecule has 0 aliphatic heterocycles. The molecule has 1 heterocycles. The summed E-state index contributed by atoms with van der Waals surface area (Å²) in [7, 11) is 0. The molecule has 2 aromatic rings. The van der Waals surface area contributed by atoms with Crippen molar-refractivity contribution in [1.82, 2.24) is 10.3 Å². The fraction of sp³-hybridized carbons (Fsp3) is 0.353. The Morgan fingerprint density at radius 3 is 2.86 bits per heavy atom. The third kappa shape index (κ3) is 5.03. The summed E-state index contributed by atoms with van der Waals surface area (Å²) < 4.78 is 5.90. The molecule has 0 aliphatic rings. The molecule has 0 spiro atoms. The lowest BCUT2D eigenvalue weighted by Gasteiger charge is -2.12. The second kappa shape index (κ2) is 8.01. The monoisotopic (exact) mass is 304 g/mol. The summed E-state index contributed by atoms with van der Waals surface area (Å²) in [5.41, 5.74) is 3.00. The van der Waals surface area contributed by atoms with Gasteiger partial charge in [0.25, 0.3) is 0 Å². The highest BCUT2D eigenvalue weighted by Gasteiger charge is 2.06. The van der Waals surface area contributed by atoms with E-state index in [9.17, 15) is 0 Å². The first-order valence-corrected chi connectivity index (χ1v) is 7.61. The first-order valence-electron chi connectivity index (χ1n) is 7.23. The van der Waals surface area contributed by atoms with Gasteiger partial charge in [-0.2, -0.15) is 0 Å². The van der Waals surface area contributed by atoms with Crippen LogP contribution in [0, 0.1) is 6.92 Å². The zero-order valence-corrected chi connectivity index (χ0v) is 13.3. The molecule has 1 aromatic carbocycles. The van der Waals surface area contributed by atoms with E-state index in [0.29, 0.717) is 6.61 Å². The van der Waals surface area contributed by atoms with Crippen LogP contribution in [0.1, 0.15) is 30.3 Å². The summed E-state index contributed by atoms with van der Waals surface area (Å²) in [4.78, 5) is 4.44. The number of pyridine rings is 1. The van der Waals surface area contributed by atoms with Crippen molar-refractivity contribution in [1.29, 1.82) is 0 Å². The topological polar surface area (TPSA) is 34.1 Å². The van der Waals surface area contributed by atoms with Crippen LogP contribution in [0.5, 0.6) is 5.75 Å². The Morgan fingerprint density at radius 1 is 1.24 bits per heavy atom. The Balaban J connectivity index is 2.04. The van der Waals surface area contributed by atoms with E-state index < -0.39 is 0 Å². The number of aryl methyl sites for hydroxylation is 1. The van der Waals surface area contributed by atoms with Crippen LogP contribution in [0.4, 0.5) is 0 Å². The molecule has 0 bridgehead atoms. The highest BCUT2D eigenvalue weighted by molar-refractivity contribution is 6.30. The SMILES string of the molecule is CCCNCc1cc(Cl)ccc1OCc1cccc(C)n1. The van der Waals surface area contributed by atoms with Crippen LogP contribution in [0.3, 0.4) is 0 Å². The zero-order valence-electron chi connectivity index (χ0n) is 12.5. The number of nitrogens with zero attached hydrogens (tertiary/aromatic N) is 1. The largest absolute Gasteiger partial charge is 0.487 e. The van der Waals surface area contributed by atoms with E-state index >= 15 is 0 Å². The molecule has 1 N–H and O–H groups in total. The Morgan fingerprint density at radius 2 is 2.10 bits per heavy atom. The summed E-state index contributed by atoms with van der Waals surface area (Å²) in [6.07, 6.45) is 1.10. The molecule has 1 aromatic heterocycles. The van der Waals surface area contributed by atoms with Crippen molar-refractivity contribution in [3.05, 3.63) is 58.4 Å². The summed E-state index contributed by atoms with van der Waals surface area (Å²) in [5, 5.41) is 4.10. The fourth-order valence-electron chi connectivity index (χ4n) is 2.06. The lowest BCUT2D eigenvalue weighted by Crippen LogP contribution is -2.14. The average molecular weight is 305 g/mol. The third-order valence-electron chi connectivity index (χ3n) is 3.09. The molecule has 0 saturated heterocycles. The maximum absolute atomic E-state index is 6.07. The molecule has 112 valence electrons. The Hall–Kier alpha value is -1.58. The lowest BCUT2D eigenvalue weighted by molar-refractivity contribution is 0.297. The first kappa shape index (κ1) is 15.8. The van der Waals surface area contributed by atoms with Crippen LogP contribution in [-0.4, -0.2) is 11.5 Å². The van der Waals surface area contributed by atoms with Crippen molar-refractivity contribution in [2.24, 2.45) is 0 Å². The zero-order chi connectivity index (χ0) is 15.1. The van der Waals surface area contributed by atoms with Crippen LogP contribution in [0.2, 0.25) is 5.02 Å². The number of aromatic nitrogens is 1. The molecule has 0 atom stereocenters. The number of benzene rings is 1. The predicted octanol–water partition coefficient (Wildman–Crippen LogP) is 4.12. The Kier molecular flexibility index (Phi) is 6.03. The van der Waals surface area contributed by atoms with E-state index in [1.54, 1.807) is 0 Å². The second-order valence-corrected chi connectivity index (χ2v) is 5.42. The van der Waals surface area contributed by atoms with Crippen molar-refractivity contribution < 1.29 is 4.74 Å². The minimum Gasteiger partial charge on any atom is -0.487 e. The Labute approximate surface area is 131 Å². The van der Waals surface area contributed by atoms with E-state index in [-0.39, 0.29) is 0 Å². The smallest absolute Gasteiger partial charge is 0.130 e. The molecule has 21 heavy (non-hydrogen) atoms. The highest BCUT2D eigenvalue weighted by Crippen LogP contribution is 2.23. The minimum absolute atomic E-state index is 0.462. The summed E-state index contributed by atoms with van der Waals surface area (Å²) in [5.74, 6) is 0.853. The van der Waals surface area contributed by atoms with Crippen molar-refractivity contribution >= 4 is 11.6 Å². The summed E-state index contributed by atoms with van der Waals surface area (Å²) in [6, 6.07) is 11.7. The van der Waals surface area contributed by atoms with Gasteiger partial charge in [-0.05, 0) is 50.2 Å². The fourth-order valence-corrected chi connectivity index (χ4v) is 2.25. The minimum atomic E-state index is 0.462. The number of rotatable bonds is 7. The Bertz CT molecular complexity index is 587. The van der Waals surface area contributed by atoms with E-state index in [0.717, 1.165) is 47.2 Å². The van der Waals surface area contributed by atoms with Gasteiger partial charge in [-0.1, -0.05) is 24.6 Å². The molecule has 0 radical (unpaired) electrons. The molecule has 2 rings (SSSR count). The van der Waals surface area contributed by atoms with Gasteiger partial charge in [0.2, 0.25) is 0 Å². The van der Waals surface area contributed by atoms with Gasteiger partial charge in [-0.25, -0.2) is 0 Å². The number of ether oxygens (including phenoxy) is 1. The van der Waals surface area contributed by atoms with E-state index in [1.165, 1.54) is 0 Å². The second-order valence-electron chi connectivity index (χ2n) is 4.99. The maximum atomic E-state index is 6.07. The van der Waals surface area contributed by atoms with E-state index in [2.05, 4.69) is 17.2 Å². The number of hydrogen-bond donors (Lipinski definition) is 1. The van der Waals surface area contributed by atoms with Gasteiger partial charge in [0.05, 0.1) is 5.69 Å². The van der Waals surface area contributed by atoms with Crippen LogP contribution >= 0.6 is 11.6 Å². The molecule has 0 amide bonds. The quantitative estimate of drug-likeness (QED) is 0.781. The van der Waals surface area contributed by atoms with Gasteiger partial charge in [-0.15, -0.1) is 0 Å². The van der Waals surface area contributed by atoms with Crippen LogP contribution in [0.15, 0.2) is 36.4 Å². The lowest BCUT2D eigenvalue weighted by atomic mass is 10.2. The molecular weight excluding hydrogens is 284 g/mol. The average Bonchev–Trinajstić information content (AvgIpc) is 2.47. The molecule has 4 heteroatoms. The van der Waals surface area contributed by atoms with Gasteiger partial charge in [0.15, 0.2) is 0 Å². The van der Waals surface area contributed by atoms with Gasteiger partial charge in [0.1, 0.15) is 12.4 Å². The van der Waals surface area contributed by atoms with Crippen molar-refractivity contribution in [2.45, 2.75) is 33.4 Å². The van der Waals surface area contributed by atoms with Gasteiger partial charge in [-0.3, -0.25) is 4.98 Å². The molecule has 3 nitrogen and oxygen atoms in total. The van der Waals surface area contributed by atoms with Crippen molar-refractivity contribution in [2.75, 3.05) is 6.54 Å². The number of nitrogens with one attached hydrogen (secondary N) is 1. The third-order valence-corrected chi connectivity index (χ3v) is 3.32. The standard InChI is InChI=1S/C17H21ClN2O/c1-3-9-19-11-14-10-15(18)7-8-17(14)21-12-16-6-4-5-13(2)20-16/h4-8,10,19H,3,9,11-12H2,1-2H3. The van der Waals surface area contributed by atoms with Crippen LogP contribution < -0.4 is 10.1 Å². The van der Waals surface area contributed by atoms with Gasteiger partial charge < -0.3 is 10.1 Å². The normalized spacial score (nSPS) is 10.6. The molecule has 0 fully saturated rings. The molecule has 0 aliphatic carbocycles. The van der Waals surface area contributed by atoms with Crippen LogP contribution in [-0.2, 0) is 13.2 Å². The molecule has 0 saturated carbocycles. The summed E-state index contributed by atoms with van der Waals surface area (Å²) in [6.45, 7) is 6.32. The van der Waals surface area contributed by atoms with Gasteiger partial charge >= 0.3 is 0 Å². The molecule has 0 unspecified atom stereocenters. The number of hydrogen-bond acceptors (Lipinski definition) is 3. The van der Waals surface area contributed by atoms with Crippen molar-refractivity contribution in [3.8, 4) is 5.75 Å². The number of halogens is 1. The first-order chi connectivity index (χ1) is 10.2. The highest BCUT2D eigenvalue weighted by atomic mass is 35.5. The van der Waals surface area contributed by atoms with E-state index in [1.807, 2.05) is 43.3 Å². The maximum Gasteiger partial charge on any atom is 0.130 e. The van der Waals surface area contributed by atoms with Crippen molar-refractivity contribution in [3.63, 3.8) is 0 Å². The van der Waals surface area contributed by atoms with Crippen LogP contribution in [0.25, 0.3) is 0 Å². The van der Waals surface area contributed by atoms with E-state index in [4.69, 9.17) is 16.3 Å².